The lowest BCUT2D eigenvalue weighted by Crippen LogP contribution is -2.62. The van der Waals surface area contributed by atoms with Crippen LogP contribution < -0.4 is 0 Å². The van der Waals surface area contributed by atoms with E-state index in [-0.39, 0.29) is 0 Å². The van der Waals surface area contributed by atoms with Crippen LogP contribution in [0.3, 0.4) is 0 Å². The average Bonchev–Trinajstić information content (AvgIpc) is 3.57. The Morgan fingerprint density at radius 2 is 1.17 bits per heavy atom. The van der Waals surface area contributed by atoms with Gasteiger partial charge in [0.05, 0.1) is 5.56 Å². The lowest BCUT2D eigenvalue weighted by atomic mass is 9.85. The number of esters is 1. The Morgan fingerprint density at radius 1 is 0.643 bits per heavy atom. The van der Waals surface area contributed by atoms with Crippen LogP contribution >= 0.6 is 0 Å². The fourth-order valence-corrected chi connectivity index (χ4v) is 8.61. The zero-order valence-corrected chi connectivity index (χ0v) is 23.6. The second-order valence-corrected chi connectivity index (χ2v) is 13.1. The van der Waals surface area contributed by atoms with Crippen molar-refractivity contribution in [2.24, 2.45) is 0 Å². The van der Waals surface area contributed by atoms with E-state index >= 15 is 0 Å². The number of hydrogen-bond acceptors (Lipinski definition) is 7. The number of hydrogen-bond donors (Lipinski definition) is 1. The molecule has 0 bridgehead atoms. The first kappa shape index (κ1) is 25.7. The number of rotatable bonds is 2. The van der Waals surface area contributed by atoms with Gasteiger partial charge in [-0.15, -0.1) is 0 Å². The number of fused-ring (bicyclic) bond motifs is 3. The summed E-state index contributed by atoms with van der Waals surface area (Å²) in [4.78, 5) is 14.0. The monoisotopic (exact) mass is 568 g/mol. The molecule has 3 aliphatic carbocycles. The van der Waals surface area contributed by atoms with Crippen LogP contribution in [0.4, 0.5) is 0 Å². The lowest BCUT2D eigenvalue weighted by Gasteiger charge is -2.40. The van der Waals surface area contributed by atoms with Crippen molar-refractivity contribution in [1.29, 1.82) is 0 Å². The Balaban J connectivity index is 1.09. The van der Waals surface area contributed by atoms with Crippen molar-refractivity contribution < 1.29 is 33.6 Å². The van der Waals surface area contributed by atoms with Gasteiger partial charge in [-0.1, -0.05) is 61.4 Å². The van der Waals surface area contributed by atoms with Gasteiger partial charge in [-0.2, -0.15) is 0 Å². The molecule has 2 heterocycles. The highest BCUT2D eigenvalue weighted by atomic mass is 16.8. The molecule has 3 saturated carbocycles. The van der Waals surface area contributed by atoms with Gasteiger partial charge in [0.25, 0.3) is 0 Å². The van der Waals surface area contributed by atoms with Crippen molar-refractivity contribution in [2.75, 3.05) is 0 Å². The molecule has 0 unspecified atom stereocenters. The number of aliphatic hydroxyl groups is 1. The molecule has 4 aromatic carbocycles. The summed E-state index contributed by atoms with van der Waals surface area (Å²) in [5, 5.41) is 18.2. The summed E-state index contributed by atoms with van der Waals surface area (Å²) in [6, 6.07) is 18.4. The molecule has 5 aliphatic rings. The molecule has 218 valence electrons. The van der Waals surface area contributed by atoms with E-state index in [0.717, 1.165) is 96.5 Å². The van der Waals surface area contributed by atoms with Gasteiger partial charge in [-0.3, -0.25) is 0 Å². The second kappa shape index (κ2) is 9.34. The van der Waals surface area contributed by atoms with Gasteiger partial charge in [0.1, 0.15) is 30.5 Å². The molecule has 7 nitrogen and oxygen atoms in total. The van der Waals surface area contributed by atoms with Crippen molar-refractivity contribution in [3.8, 4) is 0 Å². The Bertz CT molecular complexity index is 1650. The molecule has 7 heteroatoms. The number of aliphatic hydroxyl groups excluding tert-OH is 1. The van der Waals surface area contributed by atoms with Crippen molar-refractivity contribution in [2.45, 2.75) is 112 Å². The van der Waals surface area contributed by atoms with Gasteiger partial charge >= 0.3 is 5.97 Å². The maximum Gasteiger partial charge on any atom is 0.339 e. The minimum Gasteiger partial charge on any atom is -0.453 e. The molecule has 9 rings (SSSR count). The largest absolute Gasteiger partial charge is 0.453 e. The van der Waals surface area contributed by atoms with E-state index in [1.165, 1.54) is 0 Å². The third kappa shape index (κ3) is 3.74. The molecule has 1 N–H and O–H groups in total. The number of benzene rings is 4. The topological polar surface area (TPSA) is 83.5 Å². The zero-order valence-electron chi connectivity index (χ0n) is 23.6. The van der Waals surface area contributed by atoms with Gasteiger partial charge in [0.2, 0.25) is 0 Å². The van der Waals surface area contributed by atoms with Crippen LogP contribution in [0.25, 0.3) is 32.3 Å². The summed E-state index contributed by atoms with van der Waals surface area (Å²) in [6.45, 7) is 0. The van der Waals surface area contributed by atoms with Crippen LogP contribution in [0.5, 0.6) is 0 Å². The summed E-state index contributed by atoms with van der Waals surface area (Å²) in [6.07, 6.45) is 5.30. The summed E-state index contributed by atoms with van der Waals surface area (Å²) in [5.74, 6) is -1.92. The fourth-order valence-electron chi connectivity index (χ4n) is 8.61. The first-order valence-electron chi connectivity index (χ1n) is 15.8. The van der Waals surface area contributed by atoms with Gasteiger partial charge < -0.3 is 28.8 Å². The minimum absolute atomic E-state index is 0.464. The van der Waals surface area contributed by atoms with E-state index in [1.54, 1.807) is 0 Å². The molecule has 0 radical (unpaired) electrons. The van der Waals surface area contributed by atoms with E-state index in [4.69, 9.17) is 23.7 Å². The average molecular weight is 569 g/mol. The SMILES string of the molecule is O=C(O[C@@H]1[C@@H](O)[C@@H]2OC3(CCCCC3)O[C@H]2[C@@H]2OC3(CCCCC3)O[C@@H]21)c1ccc2ccc3cccc4ccc1c2c34. The molecular weight excluding hydrogens is 532 g/mol. The highest BCUT2D eigenvalue weighted by Gasteiger charge is 2.67. The zero-order chi connectivity index (χ0) is 28.1. The molecule has 2 saturated heterocycles. The summed E-state index contributed by atoms with van der Waals surface area (Å²) < 4.78 is 32.9. The van der Waals surface area contributed by atoms with Crippen LogP contribution in [0.1, 0.15) is 74.6 Å². The smallest absolute Gasteiger partial charge is 0.339 e. The van der Waals surface area contributed by atoms with Crippen LogP contribution in [0.2, 0.25) is 0 Å². The van der Waals surface area contributed by atoms with E-state index in [2.05, 4.69) is 36.4 Å². The van der Waals surface area contributed by atoms with Crippen LogP contribution in [0.15, 0.2) is 54.6 Å². The summed E-state index contributed by atoms with van der Waals surface area (Å²) in [5.41, 5.74) is 0.477. The summed E-state index contributed by atoms with van der Waals surface area (Å²) in [7, 11) is 0. The molecule has 0 aromatic heterocycles. The van der Waals surface area contributed by atoms with Crippen molar-refractivity contribution >= 4 is 38.3 Å². The third-order valence-electron chi connectivity index (χ3n) is 10.6. The van der Waals surface area contributed by atoms with Crippen LogP contribution in [-0.4, -0.2) is 59.3 Å². The predicted molar refractivity (Wildman–Crippen MR) is 156 cm³/mol. The highest BCUT2D eigenvalue weighted by Crippen LogP contribution is 2.52. The Kier molecular flexibility index (Phi) is 5.71. The van der Waals surface area contributed by atoms with Crippen molar-refractivity contribution in [3.05, 3.63) is 60.2 Å². The second-order valence-electron chi connectivity index (χ2n) is 13.1. The number of ether oxygens (including phenoxy) is 5. The van der Waals surface area contributed by atoms with E-state index in [9.17, 15) is 9.90 Å². The molecule has 5 fully saturated rings. The molecule has 2 spiro atoms. The van der Waals surface area contributed by atoms with E-state index in [1.807, 2.05) is 18.2 Å². The lowest BCUT2D eigenvalue weighted by molar-refractivity contribution is -0.224. The molecule has 6 atom stereocenters. The van der Waals surface area contributed by atoms with E-state index in [0.29, 0.717) is 5.56 Å². The summed E-state index contributed by atoms with van der Waals surface area (Å²) >= 11 is 0. The van der Waals surface area contributed by atoms with E-state index < -0.39 is 54.2 Å². The first-order chi connectivity index (χ1) is 20.5. The fraction of sp³-hybridized carbons (Fsp3) is 0.514. The molecule has 4 aromatic rings. The quantitative estimate of drug-likeness (QED) is 0.222. The van der Waals surface area contributed by atoms with Crippen LogP contribution in [0, 0.1) is 0 Å². The number of carbonyl (C=O) groups excluding carboxylic acids is 1. The Hall–Kier alpha value is -2.81. The molecular formula is C35H36O7. The normalized spacial score (nSPS) is 33.5. The maximum atomic E-state index is 14.0. The molecule has 2 aliphatic heterocycles. The predicted octanol–water partition coefficient (Wildman–Crippen LogP) is 6.37. The molecule has 42 heavy (non-hydrogen) atoms. The number of carbonyl (C=O) groups is 1. The minimum atomic E-state index is -1.09. The van der Waals surface area contributed by atoms with Gasteiger partial charge in [0, 0.05) is 25.7 Å². The molecule has 0 amide bonds. The van der Waals surface area contributed by atoms with Gasteiger partial charge in [-0.25, -0.2) is 4.79 Å². The van der Waals surface area contributed by atoms with Gasteiger partial charge in [0.15, 0.2) is 17.7 Å². The third-order valence-corrected chi connectivity index (χ3v) is 10.6. The maximum absolute atomic E-state index is 14.0. The van der Waals surface area contributed by atoms with Crippen LogP contribution in [-0.2, 0) is 23.7 Å². The van der Waals surface area contributed by atoms with Crippen molar-refractivity contribution in [1.82, 2.24) is 0 Å². The van der Waals surface area contributed by atoms with Gasteiger partial charge in [-0.05, 0) is 64.1 Å². The van der Waals surface area contributed by atoms with Crippen molar-refractivity contribution in [3.63, 3.8) is 0 Å². The standard InChI is InChI=1S/C35H36O7/c36-27-28(38-33(37)24-15-13-22-11-10-20-8-7-9-21-12-14-23(24)26(22)25(20)21)30-32(42-35(40-30)18-5-2-6-19-35)31-29(27)39-34(41-31)16-3-1-4-17-34/h7-15,27-32,36H,1-6,16-19H2/t27-,28-,29+,30-,31-,32-/m1/s1. The Morgan fingerprint density at radius 3 is 1.83 bits per heavy atom. The Labute approximate surface area is 244 Å². The first-order valence-corrected chi connectivity index (χ1v) is 15.8. The highest BCUT2D eigenvalue weighted by molar-refractivity contribution is 6.25.